The van der Waals surface area contributed by atoms with Gasteiger partial charge in [0.25, 0.3) is 0 Å². The van der Waals surface area contributed by atoms with E-state index < -0.39 is 0 Å². The van der Waals surface area contributed by atoms with Crippen LogP contribution >= 0.6 is 11.6 Å². The number of rotatable bonds is 2. The van der Waals surface area contributed by atoms with Gasteiger partial charge in [-0.3, -0.25) is 0 Å². The van der Waals surface area contributed by atoms with Crippen LogP contribution in [-0.2, 0) is 0 Å². The Kier molecular flexibility index (Phi) is 3.15. The summed E-state index contributed by atoms with van der Waals surface area (Å²) >= 11 is 5.98. The molecule has 0 aliphatic carbocycles. The monoisotopic (exact) mass is 250 g/mol. The molecule has 0 radical (unpaired) electrons. The standard InChI is InChI=1S/C12H11ClN2O2/c1-15(16)7-9-5-8-6-10(17-2)3-4-11(8)14-12(9)13/h3-7H,1-2H3/b15-7-. The highest BCUT2D eigenvalue weighted by Gasteiger charge is 2.06. The second-order valence-electron chi connectivity index (χ2n) is 3.60. The second-order valence-corrected chi connectivity index (χ2v) is 3.96. The van der Waals surface area contributed by atoms with Crippen LogP contribution in [0.3, 0.4) is 0 Å². The molecule has 4 nitrogen and oxygen atoms in total. The summed E-state index contributed by atoms with van der Waals surface area (Å²) in [5.74, 6) is 0.739. The van der Waals surface area contributed by atoms with Crippen molar-refractivity contribution in [3.05, 3.63) is 40.2 Å². The molecule has 0 aliphatic heterocycles. The Bertz CT molecular complexity index is 592. The molecule has 1 aromatic heterocycles. The third kappa shape index (κ3) is 2.47. The Morgan fingerprint density at radius 1 is 1.41 bits per heavy atom. The highest BCUT2D eigenvalue weighted by Crippen LogP contribution is 2.23. The molecule has 0 amide bonds. The summed E-state index contributed by atoms with van der Waals surface area (Å²) in [7, 11) is 3.00. The largest absolute Gasteiger partial charge is 0.624 e. The van der Waals surface area contributed by atoms with E-state index in [1.54, 1.807) is 7.11 Å². The molecular formula is C12H11ClN2O2. The number of halogens is 1. The molecule has 0 aliphatic rings. The maximum atomic E-state index is 11.0. The summed E-state index contributed by atoms with van der Waals surface area (Å²) in [6.45, 7) is 0. The predicted octanol–water partition coefficient (Wildman–Crippen LogP) is 2.46. The lowest BCUT2D eigenvalue weighted by Crippen LogP contribution is -1.99. The molecule has 17 heavy (non-hydrogen) atoms. The van der Waals surface area contributed by atoms with Crippen molar-refractivity contribution in [3.63, 3.8) is 0 Å². The fourth-order valence-electron chi connectivity index (χ4n) is 1.56. The lowest BCUT2D eigenvalue weighted by atomic mass is 10.1. The highest BCUT2D eigenvalue weighted by atomic mass is 35.5. The number of hydrogen-bond donors (Lipinski definition) is 0. The van der Waals surface area contributed by atoms with Crippen molar-refractivity contribution in [1.82, 2.24) is 4.98 Å². The lowest BCUT2D eigenvalue weighted by Gasteiger charge is -2.04. The van der Waals surface area contributed by atoms with Gasteiger partial charge >= 0.3 is 0 Å². The third-order valence-electron chi connectivity index (χ3n) is 2.32. The lowest BCUT2D eigenvalue weighted by molar-refractivity contribution is -0.416. The molecule has 1 heterocycles. The van der Waals surface area contributed by atoms with Crippen molar-refractivity contribution in [3.8, 4) is 5.75 Å². The van der Waals surface area contributed by atoms with Crippen LogP contribution in [0, 0.1) is 5.21 Å². The van der Waals surface area contributed by atoms with Gasteiger partial charge in [0.1, 0.15) is 18.0 Å². The van der Waals surface area contributed by atoms with Crippen molar-refractivity contribution in [2.24, 2.45) is 0 Å². The van der Waals surface area contributed by atoms with E-state index in [4.69, 9.17) is 16.3 Å². The molecule has 0 bridgehead atoms. The minimum absolute atomic E-state index is 0.311. The zero-order valence-electron chi connectivity index (χ0n) is 9.48. The Hall–Kier alpha value is -1.81. The average Bonchev–Trinajstić information content (AvgIpc) is 2.29. The van der Waals surface area contributed by atoms with E-state index in [1.165, 1.54) is 13.3 Å². The molecule has 0 spiro atoms. The Labute approximate surface area is 104 Å². The number of fused-ring (bicyclic) bond motifs is 1. The number of nitrogens with zero attached hydrogens (tertiary/aromatic N) is 2. The SMILES string of the molecule is COc1ccc2nc(Cl)c(/C=[N+](/C)[O-])cc2c1. The van der Waals surface area contributed by atoms with E-state index in [9.17, 15) is 5.21 Å². The van der Waals surface area contributed by atoms with Gasteiger partial charge in [-0.25, -0.2) is 9.72 Å². The van der Waals surface area contributed by atoms with Crippen LogP contribution in [0.15, 0.2) is 24.3 Å². The third-order valence-corrected chi connectivity index (χ3v) is 2.63. The molecule has 0 fully saturated rings. The number of ether oxygens (including phenoxy) is 1. The fraction of sp³-hybridized carbons (Fsp3) is 0.167. The number of hydroxylamine groups is 1. The van der Waals surface area contributed by atoms with Gasteiger partial charge in [-0.2, -0.15) is 0 Å². The van der Waals surface area contributed by atoms with Gasteiger partial charge < -0.3 is 9.94 Å². The van der Waals surface area contributed by atoms with Gasteiger partial charge in [0.2, 0.25) is 0 Å². The molecule has 88 valence electrons. The van der Waals surface area contributed by atoms with Crippen LogP contribution in [0.4, 0.5) is 0 Å². The molecule has 2 aromatic rings. The smallest absolute Gasteiger partial charge is 0.184 e. The molecule has 0 atom stereocenters. The van der Waals surface area contributed by atoms with Gasteiger partial charge in [-0.05, 0) is 24.3 Å². The van der Waals surface area contributed by atoms with Gasteiger partial charge in [0, 0.05) is 5.39 Å². The van der Waals surface area contributed by atoms with Crippen LogP contribution in [0.25, 0.3) is 10.9 Å². The first-order chi connectivity index (χ1) is 8.10. The number of benzene rings is 1. The van der Waals surface area contributed by atoms with Gasteiger partial charge in [0.05, 0.1) is 18.2 Å². The van der Waals surface area contributed by atoms with Crippen molar-refractivity contribution in [2.45, 2.75) is 0 Å². The van der Waals surface area contributed by atoms with Crippen molar-refractivity contribution in [1.29, 1.82) is 0 Å². The van der Waals surface area contributed by atoms with E-state index in [0.717, 1.165) is 16.7 Å². The summed E-state index contributed by atoms with van der Waals surface area (Å²) in [6.07, 6.45) is 1.38. The number of aromatic nitrogens is 1. The summed E-state index contributed by atoms with van der Waals surface area (Å²) in [6, 6.07) is 7.29. The van der Waals surface area contributed by atoms with Crippen molar-refractivity contribution < 1.29 is 9.48 Å². The van der Waals surface area contributed by atoms with Gasteiger partial charge in [0.15, 0.2) is 6.21 Å². The second kappa shape index (κ2) is 4.59. The first-order valence-electron chi connectivity index (χ1n) is 4.99. The number of hydrogen-bond acceptors (Lipinski definition) is 3. The van der Waals surface area contributed by atoms with Crippen LogP contribution in [0.1, 0.15) is 5.56 Å². The summed E-state index contributed by atoms with van der Waals surface area (Å²) < 4.78 is 5.82. The van der Waals surface area contributed by atoms with Gasteiger partial charge in [-0.1, -0.05) is 11.6 Å². The normalized spacial score (nSPS) is 11.8. The summed E-state index contributed by atoms with van der Waals surface area (Å²) in [5.41, 5.74) is 1.35. The quantitative estimate of drug-likeness (QED) is 0.270. The van der Waals surface area contributed by atoms with Crippen molar-refractivity contribution >= 4 is 28.7 Å². The molecule has 0 unspecified atom stereocenters. The fourth-order valence-corrected chi connectivity index (χ4v) is 1.76. The van der Waals surface area contributed by atoms with Gasteiger partial charge in [-0.15, -0.1) is 0 Å². The maximum Gasteiger partial charge on any atom is 0.184 e. The topological polar surface area (TPSA) is 48.2 Å². The Balaban J connectivity index is 2.64. The molecule has 0 saturated carbocycles. The molecule has 0 saturated heterocycles. The first kappa shape index (κ1) is 11.7. The van der Waals surface area contributed by atoms with Crippen LogP contribution in [0.2, 0.25) is 5.15 Å². The average molecular weight is 251 g/mol. The van der Waals surface area contributed by atoms with Crippen LogP contribution < -0.4 is 4.74 Å². The summed E-state index contributed by atoms with van der Waals surface area (Å²) in [5, 5.41) is 12.2. The zero-order valence-corrected chi connectivity index (χ0v) is 10.2. The highest BCUT2D eigenvalue weighted by molar-refractivity contribution is 6.32. The predicted molar refractivity (Wildman–Crippen MR) is 68.0 cm³/mol. The van der Waals surface area contributed by atoms with Crippen molar-refractivity contribution in [2.75, 3.05) is 14.2 Å². The molecule has 5 heteroatoms. The van der Waals surface area contributed by atoms with E-state index in [-0.39, 0.29) is 0 Å². The Morgan fingerprint density at radius 3 is 2.82 bits per heavy atom. The Morgan fingerprint density at radius 2 is 2.18 bits per heavy atom. The molecule has 0 N–H and O–H groups in total. The van der Waals surface area contributed by atoms with E-state index in [1.807, 2.05) is 24.3 Å². The minimum atomic E-state index is 0.311. The molecular weight excluding hydrogens is 240 g/mol. The van der Waals surface area contributed by atoms with Crippen LogP contribution in [0.5, 0.6) is 5.75 Å². The zero-order chi connectivity index (χ0) is 12.4. The van der Waals surface area contributed by atoms with Crippen LogP contribution in [-0.4, -0.2) is 30.1 Å². The number of pyridine rings is 1. The molecule has 2 rings (SSSR count). The maximum absolute atomic E-state index is 11.0. The first-order valence-corrected chi connectivity index (χ1v) is 5.37. The van der Waals surface area contributed by atoms with E-state index >= 15 is 0 Å². The summed E-state index contributed by atoms with van der Waals surface area (Å²) in [4.78, 5) is 4.22. The van der Waals surface area contributed by atoms with E-state index in [2.05, 4.69) is 4.98 Å². The molecule has 1 aromatic carbocycles. The van der Waals surface area contributed by atoms with E-state index in [0.29, 0.717) is 15.5 Å². The minimum Gasteiger partial charge on any atom is -0.624 e. The number of methoxy groups -OCH3 is 1.